The Labute approximate surface area is 163 Å². The zero-order chi connectivity index (χ0) is 19.3. The Morgan fingerprint density at radius 2 is 1.71 bits per heavy atom. The van der Waals surface area contributed by atoms with Crippen LogP contribution in [0.5, 0.6) is 0 Å². The van der Waals surface area contributed by atoms with Crippen LogP contribution in [0.3, 0.4) is 0 Å². The quantitative estimate of drug-likeness (QED) is 0.741. The van der Waals surface area contributed by atoms with E-state index in [2.05, 4.69) is 20.1 Å². The van der Waals surface area contributed by atoms with Gasteiger partial charge in [0.25, 0.3) is 0 Å². The summed E-state index contributed by atoms with van der Waals surface area (Å²) in [4.78, 5) is 20.9. The van der Waals surface area contributed by atoms with Crippen molar-refractivity contribution in [3.05, 3.63) is 72.8 Å². The van der Waals surface area contributed by atoms with E-state index in [-0.39, 0.29) is 11.7 Å². The number of carbonyl (C=O) groups excluding carboxylic acids is 1. The van der Waals surface area contributed by atoms with E-state index in [1.54, 1.807) is 29.1 Å². The van der Waals surface area contributed by atoms with Crippen LogP contribution in [0.25, 0.3) is 5.69 Å². The molecule has 144 valence electrons. The fourth-order valence-corrected chi connectivity index (χ4v) is 3.40. The molecule has 28 heavy (non-hydrogen) atoms. The average molecular weight is 379 g/mol. The first-order valence-corrected chi connectivity index (χ1v) is 9.31. The highest BCUT2D eigenvalue weighted by atomic mass is 19.1. The first-order valence-electron chi connectivity index (χ1n) is 9.31. The number of amides is 1. The second-order valence-corrected chi connectivity index (χ2v) is 6.73. The van der Waals surface area contributed by atoms with Crippen molar-refractivity contribution in [2.24, 2.45) is 0 Å². The molecule has 0 spiro atoms. The third-order valence-corrected chi connectivity index (χ3v) is 4.81. The third-order valence-electron chi connectivity index (χ3n) is 4.81. The minimum atomic E-state index is -0.280. The third kappa shape index (κ3) is 4.04. The van der Waals surface area contributed by atoms with Gasteiger partial charge in [-0.15, -0.1) is 0 Å². The molecule has 0 aliphatic carbocycles. The van der Waals surface area contributed by atoms with E-state index in [0.717, 1.165) is 37.8 Å². The van der Waals surface area contributed by atoms with Crippen molar-refractivity contribution < 1.29 is 9.18 Å². The van der Waals surface area contributed by atoms with Crippen molar-refractivity contribution in [1.29, 1.82) is 0 Å². The van der Waals surface area contributed by atoms with Gasteiger partial charge >= 0.3 is 0 Å². The highest BCUT2D eigenvalue weighted by molar-refractivity contribution is 5.92. The Kier molecular flexibility index (Phi) is 5.34. The number of hydrogen-bond acceptors (Lipinski definition) is 4. The topological polar surface area (TPSA) is 53.4 Å². The number of nitrogens with zero attached hydrogens (tertiary/aromatic N) is 4. The zero-order valence-corrected chi connectivity index (χ0v) is 15.5. The number of piperazine rings is 1. The molecule has 1 amide bonds. The summed E-state index contributed by atoms with van der Waals surface area (Å²) in [5.74, 6) is 0.420. The summed E-state index contributed by atoms with van der Waals surface area (Å²) in [5, 5.41) is 2.91. The van der Waals surface area contributed by atoms with Crippen molar-refractivity contribution >= 4 is 17.5 Å². The molecule has 6 nitrogen and oxygen atoms in total. The van der Waals surface area contributed by atoms with Crippen molar-refractivity contribution in [3.63, 3.8) is 0 Å². The fourth-order valence-electron chi connectivity index (χ4n) is 3.40. The van der Waals surface area contributed by atoms with Crippen LogP contribution in [0.2, 0.25) is 0 Å². The normalized spacial score (nSPS) is 14.8. The van der Waals surface area contributed by atoms with Crippen molar-refractivity contribution in [3.8, 4) is 5.69 Å². The van der Waals surface area contributed by atoms with E-state index in [1.165, 1.54) is 6.07 Å². The van der Waals surface area contributed by atoms with Crippen LogP contribution in [0, 0.1) is 5.82 Å². The minimum Gasteiger partial charge on any atom is -0.339 e. The number of halogens is 1. The monoisotopic (exact) mass is 379 g/mol. The van der Waals surface area contributed by atoms with Crippen molar-refractivity contribution in [2.45, 2.75) is 0 Å². The highest BCUT2D eigenvalue weighted by Gasteiger charge is 2.22. The SMILES string of the molecule is O=C(CN1CCN(c2nccn2-c2ccccc2F)CC1)Nc1ccccc1. The highest BCUT2D eigenvalue weighted by Crippen LogP contribution is 2.21. The van der Waals surface area contributed by atoms with Gasteiger partial charge in [-0.1, -0.05) is 30.3 Å². The summed E-state index contributed by atoms with van der Waals surface area (Å²) in [6.07, 6.45) is 3.45. The molecule has 1 aliphatic heterocycles. The molecule has 0 atom stereocenters. The van der Waals surface area contributed by atoms with Gasteiger partial charge in [-0.2, -0.15) is 0 Å². The number of aromatic nitrogens is 2. The molecule has 0 saturated carbocycles. The Morgan fingerprint density at radius 3 is 2.46 bits per heavy atom. The fraction of sp³-hybridized carbons (Fsp3) is 0.238. The molecular weight excluding hydrogens is 357 g/mol. The lowest BCUT2D eigenvalue weighted by Gasteiger charge is -2.35. The Hall–Kier alpha value is -3.19. The lowest BCUT2D eigenvalue weighted by molar-refractivity contribution is -0.117. The molecule has 1 aliphatic rings. The van der Waals surface area contributed by atoms with E-state index in [9.17, 15) is 9.18 Å². The molecule has 1 N–H and O–H groups in total. The summed E-state index contributed by atoms with van der Waals surface area (Å²) < 4.78 is 15.9. The van der Waals surface area contributed by atoms with Crippen LogP contribution in [0.15, 0.2) is 67.0 Å². The van der Waals surface area contributed by atoms with Crippen LogP contribution in [-0.4, -0.2) is 53.1 Å². The largest absolute Gasteiger partial charge is 0.339 e. The molecule has 1 saturated heterocycles. The second kappa shape index (κ2) is 8.22. The van der Waals surface area contributed by atoms with Crippen LogP contribution >= 0.6 is 0 Å². The first-order chi connectivity index (χ1) is 13.7. The van der Waals surface area contributed by atoms with E-state index in [0.29, 0.717) is 12.2 Å². The zero-order valence-electron chi connectivity index (χ0n) is 15.5. The lowest BCUT2D eigenvalue weighted by atomic mass is 10.3. The Morgan fingerprint density at radius 1 is 1.00 bits per heavy atom. The van der Waals surface area contributed by atoms with E-state index < -0.39 is 0 Å². The van der Waals surface area contributed by atoms with Gasteiger partial charge in [0.05, 0.1) is 12.2 Å². The number of carbonyl (C=O) groups is 1. The number of para-hydroxylation sites is 2. The number of rotatable bonds is 5. The average Bonchev–Trinajstić information content (AvgIpc) is 3.19. The minimum absolute atomic E-state index is 0.0208. The van der Waals surface area contributed by atoms with Crippen LogP contribution < -0.4 is 10.2 Å². The smallest absolute Gasteiger partial charge is 0.238 e. The van der Waals surface area contributed by atoms with Crippen LogP contribution in [-0.2, 0) is 4.79 Å². The van der Waals surface area contributed by atoms with Gasteiger partial charge in [0, 0.05) is 44.3 Å². The van der Waals surface area contributed by atoms with E-state index in [1.807, 2.05) is 36.4 Å². The van der Waals surface area contributed by atoms with Crippen LogP contribution in [0.4, 0.5) is 16.0 Å². The molecule has 1 aromatic heterocycles. The molecule has 0 unspecified atom stereocenters. The van der Waals surface area contributed by atoms with Gasteiger partial charge in [0.1, 0.15) is 5.82 Å². The maximum Gasteiger partial charge on any atom is 0.238 e. The summed E-state index contributed by atoms with van der Waals surface area (Å²) >= 11 is 0. The predicted molar refractivity (Wildman–Crippen MR) is 107 cm³/mol. The van der Waals surface area contributed by atoms with Crippen molar-refractivity contribution in [2.75, 3.05) is 42.9 Å². The summed E-state index contributed by atoms with van der Waals surface area (Å²) in [7, 11) is 0. The maximum absolute atomic E-state index is 14.2. The summed E-state index contributed by atoms with van der Waals surface area (Å²) in [6, 6.07) is 16.1. The molecule has 4 rings (SSSR count). The molecule has 3 aromatic rings. The van der Waals surface area contributed by atoms with Gasteiger partial charge in [-0.3, -0.25) is 14.3 Å². The van der Waals surface area contributed by atoms with Gasteiger partial charge in [-0.25, -0.2) is 9.37 Å². The lowest BCUT2D eigenvalue weighted by Crippen LogP contribution is -2.49. The number of benzene rings is 2. The van der Waals surface area contributed by atoms with Crippen molar-refractivity contribution in [1.82, 2.24) is 14.5 Å². The molecule has 0 radical (unpaired) electrons. The number of anilines is 2. The summed E-state index contributed by atoms with van der Waals surface area (Å²) in [6.45, 7) is 3.29. The van der Waals surface area contributed by atoms with Gasteiger partial charge in [0.15, 0.2) is 0 Å². The van der Waals surface area contributed by atoms with Gasteiger partial charge in [0.2, 0.25) is 11.9 Å². The van der Waals surface area contributed by atoms with E-state index >= 15 is 0 Å². The standard InChI is InChI=1S/C21H22FN5O/c22-18-8-4-5-9-19(18)27-11-10-23-21(27)26-14-12-25(13-15-26)16-20(28)24-17-6-2-1-3-7-17/h1-11H,12-16H2,(H,24,28). The first kappa shape index (κ1) is 18.2. The Balaban J connectivity index is 1.36. The maximum atomic E-state index is 14.2. The second-order valence-electron chi connectivity index (χ2n) is 6.73. The van der Waals surface area contributed by atoms with Gasteiger partial charge in [-0.05, 0) is 24.3 Å². The number of imidazole rings is 1. The molecule has 7 heteroatoms. The van der Waals surface area contributed by atoms with Gasteiger partial charge < -0.3 is 10.2 Å². The molecule has 2 heterocycles. The number of hydrogen-bond donors (Lipinski definition) is 1. The molecule has 1 fully saturated rings. The van der Waals surface area contributed by atoms with Crippen LogP contribution in [0.1, 0.15) is 0 Å². The Bertz CT molecular complexity index is 935. The molecular formula is C21H22FN5O. The molecule has 2 aromatic carbocycles. The number of nitrogens with one attached hydrogen (secondary N) is 1. The predicted octanol–water partition coefficient (Wildman–Crippen LogP) is 2.77. The molecule has 0 bridgehead atoms. The summed E-state index contributed by atoms with van der Waals surface area (Å²) in [5.41, 5.74) is 1.29. The van der Waals surface area contributed by atoms with E-state index in [4.69, 9.17) is 0 Å².